The van der Waals surface area contributed by atoms with E-state index in [1.807, 2.05) is 6.07 Å². The van der Waals surface area contributed by atoms with E-state index in [4.69, 9.17) is 11.6 Å². The van der Waals surface area contributed by atoms with E-state index in [9.17, 15) is 8.42 Å². The molecule has 0 bridgehead atoms. The molecule has 94 valence electrons. The lowest BCUT2D eigenvalue weighted by molar-refractivity contribution is 0.594. The molecule has 2 aromatic rings. The Bertz CT molecular complexity index is 644. The maximum Gasteiger partial charge on any atom is 0.267 e. The second-order valence-electron chi connectivity index (χ2n) is 3.60. The van der Waals surface area contributed by atoms with Gasteiger partial charge in [0.25, 0.3) is 10.0 Å². The average Bonchev–Trinajstić information content (AvgIpc) is 2.39. The second kappa shape index (κ2) is 4.96. The van der Waals surface area contributed by atoms with Crippen LogP contribution in [0.5, 0.6) is 0 Å². The molecule has 0 aliphatic heterocycles. The largest absolute Gasteiger partial charge is 0.269 e. The molecule has 0 aliphatic rings. The van der Waals surface area contributed by atoms with E-state index in [1.165, 1.54) is 29.7 Å². The number of rotatable bonds is 3. The van der Waals surface area contributed by atoms with Crippen LogP contribution in [0.15, 0.2) is 53.6 Å². The maximum atomic E-state index is 12.4. The Hall–Kier alpha value is -1.59. The predicted octanol–water partition coefficient (Wildman–Crippen LogP) is 2.56. The molecule has 0 N–H and O–H groups in total. The Morgan fingerprint density at radius 1 is 1.11 bits per heavy atom. The highest BCUT2D eigenvalue weighted by molar-refractivity contribution is 7.92. The molecule has 0 saturated carbocycles. The van der Waals surface area contributed by atoms with Crippen LogP contribution in [0.1, 0.15) is 0 Å². The van der Waals surface area contributed by atoms with E-state index in [0.29, 0.717) is 5.69 Å². The minimum atomic E-state index is -3.68. The van der Waals surface area contributed by atoms with E-state index < -0.39 is 10.0 Å². The van der Waals surface area contributed by atoms with Crippen molar-refractivity contribution in [2.45, 2.75) is 4.90 Å². The van der Waals surface area contributed by atoms with E-state index in [2.05, 4.69) is 4.98 Å². The van der Waals surface area contributed by atoms with Gasteiger partial charge in [0.1, 0.15) is 10.0 Å². The van der Waals surface area contributed by atoms with Crippen molar-refractivity contribution >= 4 is 27.3 Å². The molecule has 0 atom stereocenters. The molecule has 0 saturated heterocycles. The summed E-state index contributed by atoms with van der Waals surface area (Å²) >= 11 is 5.82. The van der Waals surface area contributed by atoms with Gasteiger partial charge in [-0.25, -0.2) is 13.4 Å². The zero-order valence-electron chi connectivity index (χ0n) is 9.62. The van der Waals surface area contributed by atoms with Gasteiger partial charge in [-0.05, 0) is 24.3 Å². The van der Waals surface area contributed by atoms with Crippen molar-refractivity contribution < 1.29 is 8.42 Å². The number of hydrogen-bond acceptors (Lipinski definition) is 3. The third-order valence-corrected chi connectivity index (χ3v) is 4.71. The molecule has 0 amide bonds. The third-order valence-electron chi connectivity index (χ3n) is 2.48. The van der Waals surface area contributed by atoms with Crippen molar-refractivity contribution in [3.63, 3.8) is 0 Å². The smallest absolute Gasteiger partial charge is 0.267 e. The van der Waals surface area contributed by atoms with Gasteiger partial charge in [0.2, 0.25) is 0 Å². The first-order chi connectivity index (χ1) is 8.53. The molecule has 0 spiro atoms. The Balaban J connectivity index is 2.48. The first-order valence-corrected chi connectivity index (χ1v) is 7.00. The highest BCUT2D eigenvalue weighted by atomic mass is 35.5. The van der Waals surface area contributed by atoms with Gasteiger partial charge in [0, 0.05) is 13.2 Å². The number of benzene rings is 1. The molecule has 1 aromatic carbocycles. The van der Waals surface area contributed by atoms with Crippen LogP contribution in [0, 0.1) is 0 Å². The number of nitrogens with zero attached hydrogens (tertiary/aromatic N) is 2. The van der Waals surface area contributed by atoms with E-state index in [0.717, 1.165) is 0 Å². The van der Waals surface area contributed by atoms with Crippen molar-refractivity contribution in [3.05, 3.63) is 53.8 Å². The summed E-state index contributed by atoms with van der Waals surface area (Å²) in [5.41, 5.74) is 0.567. The predicted molar refractivity (Wildman–Crippen MR) is 71.3 cm³/mol. The zero-order chi connectivity index (χ0) is 13.2. The molecule has 0 radical (unpaired) electrons. The second-order valence-corrected chi connectivity index (χ2v) is 5.90. The summed E-state index contributed by atoms with van der Waals surface area (Å²) in [5, 5.41) is -0.0275. The topological polar surface area (TPSA) is 50.3 Å². The fourth-order valence-electron chi connectivity index (χ4n) is 1.49. The van der Waals surface area contributed by atoms with Crippen LogP contribution in [-0.2, 0) is 10.0 Å². The summed E-state index contributed by atoms with van der Waals surface area (Å²) in [7, 11) is -2.20. The van der Waals surface area contributed by atoms with Gasteiger partial charge in [-0.15, -0.1) is 0 Å². The van der Waals surface area contributed by atoms with Gasteiger partial charge in [-0.1, -0.05) is 29.8 Å². The quantitative estimate of drug-likeness (QED) is 0.813. The molecule has 1 heterocycles. The minimum absolute atomic E-state index is 0.00183. The van der Waals surface area contributed by atoms with Gasteiger partial charge in [0.05, 0.1) is 5.69 Å². The summed E-state index contributed by atoms with van der Waals surface area (Å²) in [6.45, 7) is 0. The number of hydrogen-bond donors (Lipinski definition) is 0. The fourth-order valence-corrected chi connectivity index (χ4v) is 3.11. The Labute approximate surface area is 111 Å². The zero-order valence-corrected chi connectivity index (χ0v) is 11.2. The first kappa shape index (κ1) is 12.9. The summed E-state index contributed by atoms with van der Waals surface area (Å²) in [6.07, 6.45) is 1.45. The number of sulfonamides is 1. The Kier molecular flexibility index (Phi) is 3.54. The Morgan fingerprint density at radius 3 is 2.39 bits per heavy atom. The van der Waals surface area contributed by atoms with E-state index >= 15 is 0 Å². The SMILES string of the molecule is CN(c1ccccc1)S(=O)(=O)c1cccnc1Cl. The lowest BCUT2D eigenvalue weighted by Crippen LogP contribution is -2.26. The van der Waals surface area contributed by atoms with Crippen LogP contribution in [0.3, 0.4) is 0 Å². The molecule has 4 nitrogen and oxygen atoms in total. The number of halogens is 1. The van der Waals surface area contributed by atoms with E-state index in [1.54, 1.807) is 24.3 Å². The molecule has 0 aliphatic carbocycles. The van der Waals surface area contributed by atoms with Gasteiger partial charge in [0.15, 0.2) is 0 Å². The molecular formula is C12H11ClN2O2S. The average molecular weight is 283 g/mol. The van der Waals surface area contributed by atoms with Crippen molar-refractivity contribution in [1.82, 2.24) is 4.98 Å². The highest BCUT2D eigenvalue weighted by Gasteiger charge is 2.24. The van der Waals surface area contributed by atoms with Crippen LogP contribution in [-0.4, -0.2) is 20.4 Å². The van der Waals surface area contributed by atoms with Gasteiger partial charge in [-0.3, -0.25) is 4.31 Å². The third kappa shape index (κ3) is 2.32. The van der Waals surface area contributed by atoms with Crippen molar-refractivity contribution in [1.29, 1.82) is 0 Å². The molecular weight excluding hydrogens is 272 g/mol. The number of para-hydroxylation sites is 1. The van der Waals surface area contributed by atoms with Crippen molar-refractivity contribution in [2.75, 3.05) is 11.4 Å². The van der Waals surface area contributed by atoms with Gasteiger partial charge >= 0.3 is 0 Å². The highest BCUT2D eigenvalue weighted by Crippen LogP contribution is 2.25. The minimum Gasteiger partial charge on any atom is -0.269 e. The van der Waals surface area contributed by atoms with Crippen LogP contribution in [0.4, 0.5) is 5.69 Å². The lowest BCUT2D eigenvalue weighted by Gasteiger charge is -2.19. The van der Waals surface area contributed by atoms with Crippen molar-refractivity contribution in [2.24, 2.45) is 0 Å². The molecule has 6 heteroatoms. The number of pyridine rings is 1. The first-order valence-electron chi connectivity index (χ1n) is 5.18. The Morgan fingerprint density at radius 2 is 1.78 bits per heavy atom. The standard InChI is InChI=1S/C12H11ClN2O2S/c1-15(10-6-3-2-4-7-10)18(16,17)11-8-5-9-14-12(11)13/h2-9H,1H3. The lowest BCUT2D eigenvalue weighted by atomic mass is 10.3. The monoisotopic (exact) mass is 282 g/mol. The summed E-state index contributed by atoms with van der Waals surface area (Å²) in [4.78, 5) is 3.78. The molecule has 18 heavy (non-hydrogen) atoms. The van der Waals surface area contributed by atoms with Crippen LogP contribution in [0.2, 0.25) is 5.15 Å². The molecule has 1 aromatic heterocycles. The molecule has 0 fully saturated rings. The summed E-state index contributed by atoms with van der Waals surface area (Å²) < 4.78 is 25.9. The van der Waals surface area contributed by atoms with Crippen LogP contribution in [0.25, 0.3) is 0 Å². The number of aromatic nitrogens is 1. The number of anilines is 1. The summed E-state index contributed by atoms with van der Waals surface area (Å²) in [5.74, 6) is 0. The van der Waals surface area contributed by atoms with E-state index in [-0.39, 0.29) is 10.0 Å². The molecule has 2 rings (SSSR count). The fraction of sp³-hybridized carbons (Fsp3) is 0.0833. The van der Waals surface area contributed by atoms with Crippen molar-refractivity contribution in [3.8, 4) is 0 Å². The van der Waals surface area contributed by atoms with Gasteiger partial charge in [-0.2, -0.15) is 0 Å². The maximum absolute atomic E-state index is 12.4. The molecule has 0 unspecified atom stereocenters. The normalized spacial score (nSPS) is 11.2. The van der Waals surface area contributed by atoms with Crippen LogP contribution >= 0.6 is 11.6 Å². The van der Waals surface area contributed by atoms with Crippen LogP contribution < -0.4 is 4.31 Å². The summed E-state index contributed by atoms with van der Waals surface area (Å²) in [6, 6.07) is 11.8. The van der Waals surface area contributed by atoms with Gasteiger partial charge < -0.3 is 0 Å².